The van der Waals surface area contributed by atoms with Crippen molar-refractivity contribution < 1.29 is 4.79 Å². The van der Waals surface area contributed by atoms with E-state index in [-0.39, 0.29) is 5.78 Å². The maximum atomic E-state index is 10.9. The number of ketones is 1. The van der Waals surface area contributed by atoms with Gasteiger partial charge in [-0.15, -0.1) is 5.73 Å². The van der Waals surface area contributed by atoms with Crippen LogP contribution in [0.25, 0.3) is 0 Å². The zero-order chi connectivity index (χ0) is 9.40. The van der Waals surface area contributed by atoms with Crippen molar-refractivity contribution in [2.75, 3.05) is 0 Å². The molecule has 0 saturated carbocycles. The van der Waals surface area contributed by atoms with Crippen molar-refractivity contribution in [3.63, 3.8) is 0 Å². The Bertz CT molecular complexity index is 267. The highest BCUT2D eigenvalue weighted by molar-refractivity contribution is 5.95. The molecule has 0 heterocycles. The van der Waals surface area contributed by atoms with E-state index >= 15 is 0 Å². The van der Waals surface area contributed by atoms with E-state index in [1.807, 2.05) is 19.9 Å². The topological polar surface area (TPSA) is 17.1 Å². The summed E-state index contributed by atoms with van der Waals surface area (Å²) in [4.78, 5) is 10.9. The van der Waals surface area contributed by atoms with Crippen molar-refractivity contribution in [3.05, 3.63) is 17.4 Å². The van der Waals surface area contributed by atoms with Crippen LogP contribution in [-0.2, 0) is 4.79 Å². The average Bonchev–Trinajstić information content (AvgIpc) is 2.02. The molecule has 0 radical (unpaired) electrons. The van der Waals surface area contributed by atoms with Gasteiger partial charge in [0.15, 0.2) is 0 Å². The molecule has 1 nitrogen and oxygen atoms in total. The zero-order valence-corrected chi connectivity index (χ0v) is 7.90. The largest absolute Gasteiger partial charge is 0.285 e. The Balaban J connectivity index is 3.90. The fourth-order valence-corrected chi connectivity index (χ4v) is 0.822. The standard InChI is InChI=1S/C11H14O/c1-4-6-10(3)8-9-11(12)7-5-2/h4H,8-9H2,1-3H3. The third kappa shape index (κ3) is 5.53. The maximum Gasteiger partial charge on any atom is 0.205 e. The molecule has 0 aromatic heterocycles. The van der Waals surface area contributed by atoms with Crippen LogP contribution in [0.3, 0.4) is 0 Å². The van der Waals surface area contributed by atoms with Crippen LogP contribution in [0.15, 0.2) is 17.4 Å². The summed E-state index contributed by atoms with van der Waals surface area (Å²) < 4.78 is 0. The lowest BCUT2D eigenvalue weighted by Crippen LogP contribution is -1.92. The Hall–Kier alpha value is -1.25. The summed E-state index contributed by atoms with van der Waals surface area (Å²) >= 11 is 0. The molecule has 0 saturated heterocycles. The van der Waals surface area contributed by atoms with Crippen molar-refractivity contribution in [2.45, 2.75) is 33.6 Å². The Morgan fingerprint density at radius 3 is 2.58 bits per heavy atom. The number of hydrogen-bond acceptors (Lipinski definition) is 1. The van der Waals surface area contributed by atoms with Crippen molar-refractivity contribution in [3.8, 4) is 11.8 Å². The first-order chi connectivity index (χ1) is 5.70. The van der Waals surface area contributed by atoms with E-state index < -0.39 is 0 Å². The summed E-state index contributed by atoms with van der Waals surface area (Å²) in [6, 6.07) is 0. The van der Waals surface area contributed by atoms with E-state index in [0.717, 1.165) is 12.0 Å². The number of carbonyl (C=O) groups excluding carboxylic acids is 1. The lowest BCUT2D eigenvalue weighted by Gasteiger charge is -1.92. The van der Waals surface area contributed by atoms with Crippen molar-refractivity contribution >= 4 is 5.78 Å². The summed E-state index contributed by atoms with van der Waals surface area (Å²) in [5.74, 6) is 5.10. The molecule has 0 N–H and O–H groups in total. The van der Waals surface area contributed by atoms with Gasteiger partial charge in [-0.05, 0) is 44.8 Å². The van der Waals surface area contributed by atoms with Gasteiger partial charge in [0.05, 0.1) is 0 Å². The van der Waals surface area contributed by atoms with E-state index in [4.69, 9.17) is 0 Å². The van der Waals surface area contributed by atoms with Gasteiger partial charge in [-0.3, -0.25) is 4.79 Å². The summed E-state index contributed by atoms with van der Waals surface area (Å²) in [5.41, 5.74) is 4.13. The Labute approximate surface area is 74.2 Å². The second-order valence-corrected chi connectivity index (χ2v) is 2.51. The molecule has 0 aliphatic carbocycles. The van der Waals surface area contributed by atoms with Gasteiger partial charge in [0.25, 0.3) is 0 Å². The molecule has 0 aromatic rings. The third-order valence-electron chi connectivity index (χ3n) is 1.38. The fraction of sp³-hybridized carbons (Fsp3) is 0.455. The number of hydrogen-bond donors (Lipinski definition) is 0. The normalized spacial score (nSPS) is 7.58. The van der Waals surface area contributed by atoms with Crippen LogP contribution in [0.2, 0.25) is 0 Å². The fourth-order valence-electron chi connectivity index (χ4n) is 0.822. The molecular weight excluding hydrogens is 148 g/mol. The number of rotatable bonds is 3. The molecule has 0 bridgehead atoms. The molecule has 0 aromatic carbocycles. The minimum Gasteiger partial charge on any atom is -0.285 e. The van der Waals surface area contributed by atoms with Gasteiger partial charge in [-0.2, -0.15) is 0 Å². The molecule has 0 rings (SSSR count). The van der Waals surface area contributed by atoms with Crippen LogP contribution in [0.4, 0.5) is 0 Å². The first-order valence-electron chi connectivity index (χ1n) is 4.03. The molecule has 0 atom stereocenters. The Morgan fingerprint density at radius 1 is 1.42 bits per heavy atom. The molecule has 0 spiro atoms. The first-order valence-corrected chi connectivity index (χ1v) is 4.03. The molecule has 0 fully saturated rings. The number of carbonyl (C=O) groups is 1. The van der Waals surface area contributed by atoms with Gasteiger partial charge >= 0.3 is 0 Å². The van der Waals surface area contributed by atoms with E-state index in [2.05, 4.69) is 17.6 Å². The minimum atomic E-state index is 0.00903. The van der Waals surface area contributed by atoms with Crippen molar-refractivity contribution in [2.24, 2.45) is 0 Å². The van der Waals surface area contributed by atoms with Gasteiger partial charge in [0.1, 0.15) is 0 Å². The summed E-state index contributed by atoms with van der Waals surface area (Å²) in [7, 11) is 0. The van der Waals surface area contributed by atoms with Crippen LogP contribution in [0, 0.1) is 11.8 Å². The van der Waals surface area contributed by atoms with Gasteiger partial charge in [0, 0.05) is 6.42 Å². The van der Waals surface area contributed by atoms with Crippen LogP contribution in [-0.4, -0.2) is 5.78 Å². The second-order valence-electron chi connectivity index (χ2n) is 2.51. The van der Waals surface area contributed by atoms with E-state index in [1.165, 1.54) is 0 Å². The molecule has 0 unspecified atom stereocenters. The summed E-state index contributed by atoms with van der Waals surface area (Å²) in [6.45, 7) is 5.55. The third-order valence-corrected chi connectivity index (χ3v) is 1.38. The van der Waals surface area contributed by atoms with Gasteiger partial charge < -0.3 is 0 Å². The molecule has 0 aliphatic rings. The van der Waals surface area contributed by atoms with E-state index in [0.29, 0.717) is 6.42 Å². The Kier molecular flexibility index (Phi) is 5.79. The summed E-state index contributed by atoms with van der Waals surface area (Å²) in [6.07, 6.45) is 3.12. The van der Waals surface area contributed by atoms with Gasteiger partial charge in [0.2, 0.25) is 5.78 Å². The van der Waals surface area contributed by atoms with Crippen molar-refractivity contribution in [1.29, 1.82) is 0 Å². The molecule has 64 valence electrons. The summed E-state index contributed by atoms with van der Waals surface area (Å²) in [5, 5.41) is 0. The smallest absolute Gasteiger partial charge is 0.205 e. The van der Waals surface area contributed by atoms with E-state index in [9.17, 15) is 4.79 Å². The van der Waals surface area contributed by atoms with Crippen LogP contribution >= 0.6 is 0 Å². The molecule has 0 amide bonds. The van der Waals surface area contributed by atoms with Crippen LogP contribution < -0.4 is 0 Å². The molecule has 1 heteroatoms. The van der Waals surface area contributed by atoms with Crippen molar-refractivity contribution in [1.82, 2.24) is 0 Å². The number of Topliss-reactive ketones (excluding diaryl/α,β-unsaturated/α-hetero) is 1. The maximum absolute atomic E-state index is 10.9. The van der Waals surface area contributed by atoms with Gasteiger partial charge in [-0.1, -0.05) is 5.92 Å². The second kappa shape index (κ2) is 6.46. The van der Waals surface area contributed by atoms with Crippen LogP contribution in [0.1, 0.15) is 33.6 Å². The van der Waals surface area contributed by atoms with E-state index in [1.54, 1.807) is 6.92 Å². The highest BCUT2D eigenvalue weighted by Gasteiger charge is 1.96. The first kappa shape index (κ1) is 10.8. The SMILES string of the molecule is CC#CC(=O)CCC(C)=C=CC. The monoisotopic (exact) mass is 162 g/mol. The predicted molar refractivity (Wildman–Crippen MR) is 50.6 cm³/mol. The molecule has 0 aliphatic heterocycles. The lowest BCUT2D eigenvalue weighted by molar-refractivity contribution is -0.113. The average molecular weight is 162 g/mol. The van der Waals surface area contributed by atoms with Crippen LogP contribution in [0.5, 0.6) is 0 Å². The molecular formula is C11H14O. The number of allylic oxidation sites excluding steroid dienone is 1. The minimum absolute atomic E-state index is 0.00903. The zero-order valence-electron chi connectivity index (χ0n) is 7.90. The van der Waals surface area contributed by atoms with Gasteiger partial charge in [-0.25, -0.2) is 0 Å². The predicted octanol–water partition coefficient (Wildman–Crippen LogP) is 2.48. The lowest BCUT2D eigenvalue weighted by atomic mass is 10.1. The highest BCUT2D eigenvalue weighted by atomic mass is 16.1. The Morgan fingerprint density at radius 2 is 2.08 bits per heavy atom. The quantitative estimate of drug-likeness (QED) is 0.354. The molecule has 12 heavy (non-hydrogen) atoms. The highest BCUT2D eigenvalue weighted by Crippen LogP contribution is 2.01.